The second kappa shape index (κ2) is 9.39. The number of methoxy groups -OCH3 is 1. The number of fused-ring (bicyclic) bond motifs is 4. The number of ether oxygens (including phenoxy) is 1. The predicted molar refractivity (Wildman–Crippen MR) is 141 cm³/mol. The van der Waals surface area contributed by atoms with Gasteiger partial charge in [-0.2, -0.15) is 0 Å². The van der Waals surface area contributed by atoms with Crippen molar-refractivity contribution in [3.8, 4) is 0 Å². The molecule has 1 atom stereocenters. The molecule has 7 nitrogen and oxygen atoms in total. The van der Waals surface area contributed by atoms with Gasteiger partial charge in [0.15, 0.2) is 0 Å². The van der Waals surface area contributed by atoms with Crippen LogP contribution >= 0.6 is 0 Å². The Morgan fingerprint density at radius 1 is 0.946 bits per heavy atom. The van der Waals surface area contributed by atoms with Crippen LogP contribution < -0.4 is 0 Å². The molecule has 1 N–H and O–H groups in total. The molecule has 1 fully saturated rings. The number of carbonyl (C=O) groups is 3. The number of H-pyrrole nitrogens is 1. The lowest BCUT2D eigenvalue weighted by Crippen LogP contribution is -2.47. The minimum Gasteiger partial charge on any atom is -0.465 e. The highest BCUT2D eigenvalue weighted by Crippen LogP contribution is 2.31. The summed E-state index contributed by atoms with van der Waals surface area (Å²) in [5.74, 6) is -0.509. The second-order valence-electron chi connectivity index (χ2n) is 9.96. The van der Waals surface area contributed by atoms with E-state index in [1.807, 2.05) is 64.4 Å². The van der Waals surface area contributed by atoms with Gasteiger partial charge in [0.25, 0.3) is 5.91 Å². The highest BCUT2D eigenvalue weighted by atomic mass is 16.5. The maximum atomic E-state index is 13.7. The predicted octanol–water partition coefficient (Wildman–Crippen LogP) is 4.54. The van der Waals surface area contributed by atoms with E-state index in [9.17, 15) is 14.4 Å². The number of esters is 1. The van der Waals surface area contributed by atoms with Gasteiger partial charge < -0.3 is 19.5 Å². The number of amides is 2. The van der Waals surface area contributed by atoms with Crippen LogP contribution in [0.1, 0.15) is 44.8 Å². The van der Waals surface area contributed by atoms with Crippen molar-refractivity contribution in [2.75, 3.05) is 26.7 Å². The first kappa shape index (κ1) is 23.3. The van der Waals surface area contributed by atoms with Gasteiger partial charge in [0.2, 0.25) is 5.91 Å². The molecule has 4 aromatic rings. The van der Waals surface area contributed by atoms with E-state index in [0.717, 1.165) is 52.2 Å². The quantitative estimate of drug-likeness (QED) is 0.423. The number of aromatic nitrogens is 1. The van der Waals surface area contributed by atoms with Crippen LogP contribution in [0.5, 0.6) is 0 Å². The summed E-state index contributed by atoms with van der Waals surface area (Å²) in [5.41, 5.74) is 4.30. The molecule has 0 radical (unpaired) electrons. The summed E-state index contributed by atoms with van der Waals surface area (Å²) in [6, 6.07) is 19.2. The maximum Gasteiger partial charge on any atom is 0.337 e. The molecule has 0 spiro atoms. The molecule has 2 amide bonds. The third-order valence-electron chi connectivity index (χ3n) is 7.79. The highest BCUT2D eigenvalue weighted by Gasteiger charge is 2.34. The fraction of sp³-hybridized carbons (Fsp3) is 0.300. The van der Waals surface area contributed by atoms with E-state index >= 15 is 0 Å². The molecule has 6 rings (SSSR count). The Balaban J connectivity index is 1.21. The normalized spacial score (nSPS) is 17.6. The number of likely N-dealkylation sites (tertiary alicyclic amines) is 1. The molecular formula is C30H29N3O4. The molecule has 1 saturated heterocycles. The van der Waals surface area contributed by atoms with Crippen LogP contribution in [0.3, 0.4) is 0 Å². The van der Waals surface area contributed by atoms with Crippen molar-refractivity contribution in [3.63, 3.8) is 0 Å². The van der Waals surface area contributed by atoms with Gasteiger partial charge in [0.05, 0.1) is 18.6 Å². The molecule has 1 aromatic heterocycles. The molecule has 3 aromatic carbocycles. The lowest BCUT2D eigenvalue weighted by molar-refractivity contribution is -0.137. The number of nitrogens with one attached hydrogen (secondary N) is 1. The Hall–Kier alpha value is -4.13. The van der Waals surface area contributed by atoms with Gasteiger partial charge in [0, 0.05) is 60.3 Å². The number of hydrogen-bond donors (Lipinski definition) is 1. The number of piperidine rings is 1. The number of nitrogens with zero attached hydrogens (tertiary/aromatic N) is 2. The van der Waals surface area contributed by atoms with Gasteiger partial charge in [0.1, 0.15) is 0 Å². The van der Waals surface area contributed by atoms with Gasteiger partial charge in [-0.1, -0.05) is 36.4 Å². The van der Waals surface area contributed by atoms with Gasteiger partial charge in [-0.25, -0.2) is 4.79 Å². The standard InChI is InChI=1S/C30H29N3O4/c1-37-30(36)20-11-12-26-24(16-20)25-18-33(15-13-27(25)31-26)28(34)21-8-5-14-32(17-21)29(35)23-10-4-7-19-6-2-3-9-22(19)23/h2-4,6-7,9-12,16,21,31H,5,8,13-15,17-18H2,1H3. The number of hydrogen-bond acceptors (Lipinski definition) is 4. The van der Waals surface area contributed by atoms with Crippen molar-refractivity contribution in [1.29, 1.82) is 0 Å². The number of carbonyl (C=O) groups excluding carboxylic acids is 3. The monoisotopic (exact) mass is 495 g/mol. The summed E-state index contributed by atoms with van der Waals surface area (Å²) >= 11 is 0. The van der Waals surface area contributed by atoms with Crippen molar-refractivity contribution >= 4 is 39.5 Å². The first-order chi connectivity index (χ1) is 18.0. The van der Waals surface area contributed by atoms with Gasteiger partial charge in [-0.3, -0.25) is 9.59 Å². The first-order valence-corrected chi connectivity index (χ1v) is 12.8. The fourth-order valence-electron chi connectivity index (χ4n) is 5.85. The molecule has 0 aliphatic carbocycles. The lowest BCUT2D eigenvalue weighted by Gasteiger charge is -2.36. The van der Waals surface area contributed by atoms with E-state index in [1.165, 1.54) is 7.11 Å². The van der Waals surface area contributed by atoms with Crippen LogP contribution in [0, 0.1) is 5.92 Å². The van der Waals surface area contributed by atoms with E-state index < -0.39 is 0 Å². The van der Waals surface area contributed by atoms with E-state index in [4.69, 9.17) is 4.74 Å². The Labute approximate surface area is 215 Å². The topological polar surface area (TPSA) is 82.7 Å². The minimum absolute atomic E-state index is 0.0119. The molecule has 2 aliphatic heterocycles. The van der Waals surface area contributed by atoms with Crippen molar-refractivity contribution in [2.45, 2.75) is 25.8 Å². The Kier molecular flexibility index (Phi) is 5.91. The van der Waals surface area contributed by atoms with Gasteiger partial charge in [-0.05, 0) is 47.9 Å². The molecule has 0 bridgehead atoms. The largest absolute Gasteiger partial charge is 0.465 e. The van der Waals surface area contributed by atoms with Crippen molar-refractivity contribution in [2.24, 2.45) is 5.92 Å². The van der Waals surface area contributed by atoms with Gasteiger partial charge in [-0.15, -0.1) is 0 Å². The molecular weight excluding hydrogens is 466 g/mol. The van der Waals surface area contributed by atoms with E-state index in [1.54, 1.807) is 6.07 Å². The summed E-state index contributed by atoms with van der Waals surface area (Å²) in [6.07, 6.45) is 2.32. The van der Waals surface area contributed by atoms with E-state index in [2.05, 4.69) is 4.98 Å². The third-order valence-corrected chi connectivity index (χ3v) is 7.79. The minimum atomic E-state index is -0.376. The average Bonchev–Trinajstić information content (AvgIpc) is 3.33. The van der Waals surface area contributed by atoms with Crippen LogP contribution in [0.25, 0.3) is 21.7 Å². The SMILES string of the molecule is COC(=O)c1ccc2[nH]c3c(c2c1)CN(C(=O)C1CCCN(C(=O)c2cccc4ccccc24)C1)CC3. The van der Waals surface area contributed by atoms with Crippen molar-refractivity contribution in [3.05, 3.63) is 83.0 Å². The summed E-state index contributed by atoms with van der Waals surface area (Å²) < 4.78 is 4.88. The van der Waals surface area contributed by atoms with Gasteiger partial charge >= 0.3 is 5.97 Å². The van der Waals surface area contributed by atoms with Crippen LogP contribution in [-0.2, 0) is 22.5 Å². The Morgan fingerprint density at radius 3 is 2.65 bits per heavy atom. The lowest BCUT2D eigenvalue weighted by atomic mass is 9.94. The number of benzene rings is 3. The van der Waals surface area contributed by atoms with Crippen LogP contribution in [-0.4, -0.2) is 59.3 Å². The highest BCUT2D eigenvalue weighted by molar-refractivity contribution is 6.07. The zero-order chi connectivity index (χ0) is 25.5. The zero-order valence-electron chi connectivity index (χ0n) is 20.8. The molecule has 1 unspecified atom stereocenters. The Bertz CT molecular complexity index is 1530. The fourth-order valence-corrected chi connectivity index (χ4v) is 5.85. The summed E-state index contributed by atoms with van der Waals surface area (Å²) in [6.45, 7) is 2.22. The smallest absolute Gasteiger partial charge is 0.337 e. The van der Waals surface area contributed by atoms with Crippen LogP contribution in [0.4, 0.5) is 0 Å². The molecule has 2 aliphatic rings. The summed E-state index contributed by atoms with van der Waals surface area (Å²) in [5, 5.41) is 2.93. The second-order valence-corrected chi connectivity index (χ2v) is 9.96. The number of aromatic amines is 1. The molecule has 0 saturated carbocycles. The summed E-state index contributed by atoms with van der Waals surface area (Å²) in [4.78, 5) is 46.4. The van der Waals surface area contributed by atoms with Crippen molar-refractivity contribution in [1.82, 2.24) is 14.8 Å². The van der Waals surface area contributed by atoms with E-state index in [0.29, 0.717) is 37.3 Å². The molecule has 7 heteroatoms. The maximum absolute atomic E-state index is 13.7. The zero-order valence-corrected chi connectivity index (χ0v) is 20.8. The summed E-state index contributed by atoms with van der Waals surface area (Å²) in [7, 11) is 1.37. The molecule has 3 heterocycles. The average molecular weight is 496 g/mol. The molecule has 37 heavy (non-hydrogen) atoms. The van der Waals surface area contributed by atoms with Crippen LogP contribution in [0.2, 0.25) is 0 Å². The van der Waals surface area contributed by atoms with E-state index in [-0.39, 0.29) is 23.7 Å². The number of rotatable bonds is 3. The van der Waals surface area contributed by atoms with Crippen LogP contribution in [0.15, 0.2) is 60.7 Å². The van der Waals surface area contributed by atoms with Crippen molar-refractivity contribution < 1.29 is 19.1 Å². The first-order valence-electron chi connectivity index (χ1n) is 12.8. The molecule has 188 valence electrons. The third kappa shape index (κ3) is 4.14. The Morgan fingerprint density at radius 2 is 1.78 bits per heavy atom.